The highest BCUT2D eigenvalue weighted by molar-refractivity contribution is 5.34. The molecule has 0 aliphatic carbocycles. The summed E-state index contributed by atoms with van der Waals surface area (Å²) >= 11 is 0. The van der Waals surface area contributed by atoms with E-state index in [1.54, 1.807) is 12.1 Å². The van der Waals surface area contributed by atoms with Gasteiger partial charge in [0, 0.05) is 19.1 Å². The highest BCUT2D eigenvalue weighted by atomic mass is 19.4. The summed E-state index contributed by atoms with van der Waals surface area (Å²) in [7, 11) is 0. The molecule has 1 aromatic heterocycles. The van der Waals surface area contributed by atoms with Gasteiger partial charge in [0.1, 0.15) is 12.1 Å². The van der Waals surface area contributed by atoms with Crippen LogP contribution in [-0.2, 0) is 25.6 Å². The molecule has 0 saturated carbocycles. The summed E-state index contributed by atoms with van der Waals surface area (Å²) in [6.07, 6.45) is -7.44. The second kappa shape index (κ2) is 10.1. The second-order valence-corrected chi connectivity index (χ2v) is 8.59. The number of H-pyrrole nitrogens is 1. The lowest BCUT2D eigenvalue weighted by Crippen LogP contribution is -2.49. The van der Waals surface area contributed by atoms with E-state index in [1.165, 1.54) is 23.1 Å². The van der Waals surface area contributed by atoms with Crippen LogP contribution in [0.5, 0.6) is 0 Å². The van der Waals surface area contributed by atoms with Crippen molar-refractivity contribution in [3.05, 3.63) is 87.3 Å². The average molecular weight is 517 g/mol. The van der Waals surface area contributed by atoms with Crippen LogP contribution < -0.4 is 11.0 Å². The van der Waals surface area contributed by atoms with E-state index < -0.39 is 47.1 Å². The molecule has 0 spiro atoms. The third-order valence-electron chi connectivity index (χ3n) is 6.10. The minimum Gasteiger partial charge on any atom is -0.308 e. The summed E-state index contributed by atoms with van der Waals surface area (Å²) in [6.45, 7) is 0.372. The van der Waals surface area contributed by atoms with E-state index in [1.807, 2.05) is 4.90 Å². The van der Waals surface area contributed by atoms with Gasteiger partial charge in [-0.25, -0.2) is 9.18 Å². The molecule has 36 heavy (non-hydrogen) atoms. The van der Waals surface area contributed by atoms with Gasteiger partial charge in [-0.15, -0.1) is 0 Å². The van der Waals surface area contributed by atoms with Crippen molar-refractivity contribution in [3.63, 3.8) is 0 Å². The lowest BCUT2D eigenvalue weighted by Gasteiger charge is -2.42. The van der Waals surface area contributed by atoms with Crippen molar-refractivity contribution in [1.29, 1.82) is 0 Å². The summed E-state index contributed by atoms with van der Waals surface area (Å²) in [5.74, 6) is -0.460. The van der Waals surface area contributed by atoms with Crippen molar-refractivity contribution < 1.29 is 30.7 Å². The van der Waals surface area contributed by atoms with E-state index in [0.29, 0.717) is 37.1 Å². The van der Waals surface area contributed by atoms with Gasteiger partial charge in [0.15, 0.2) is 0 Å². The van der Waals surface area contributed by atoms with Crippen molar-refractivity contribution in [1.82, 2.24) is 25.0 Å². The van der Waals surface area contributed by atoms with E-state index in [4.69, 9.17) is 0 Å². The monoisotopic (exact) mass is 517 g/mol. The Morgan fingerprint density at radius 2 is 1.64 bits per heavy atom. The van der Waals surface area contributed by atoms with Gasteiger partial charge in [0.2, 0.25) is 0 Å². The van der Waals surface area contributed by atoms with Gasteiger partial charge >= 0.3 is 18.0 Å². The zero-order valence-electron chi connectivity index (χ0n) is 18.7. The molecule has 0 unspecified atom stereocenters. The number of halogens is 7. The van der Waals surface area contributed by atoms with Crippen LogP contribution in [0.15, 0.2) is 53.6 Å². The van der Waals surface area contributed by atoms with Gasteiger partial charge in [0.05, 0.1) is 23.8 Å². The highest BCUT2D eigenvalue weighted by Crippen LogP contribution is 2.37. The molecule has 2 aromatic carbocycles. The fraction of sp³-hybridized carbons (Fsp3) is 0.391. The standard InChI is InChI=1S/C23H22F7N5O/c24-18-5-3-15(4-6-18)20-19(2-1-7-34(20)13-35-21(36)32-12-33-35)31-11-14-8-16(22(25,26)27)10-17(9-14)23(28,29)30/h3-6,8-10,12,19-20,31H,1-2,7,11,13H2,(H,32,33,36)/t19-,20-/m0/s1. The van der Waals surface area contributed by atoms with Crippen molar-refractivity contribution in [2.24, 2.45) is 0 Å². The lowest BCUT2D eigenvalue weighted by molar-refractivity contribution is -0.143. The number of hydrogen-bond donors (Lipinski definition) is 2. The van der Waals surface area contributed by atoms with Crippen LogP contribution in [0.3, 0.4) is 0 Å². The zero-order chi connectivity index (χ0) is 26.1. The van der Waals surface area contributed by atoms with E-state index in [-0.39, 0.29) is 24.8 Å². The first-order valence-electron chi connectivity index (χ1n) is 11.0. The first kappa shape index (κ1) is 25.9. The van der Waals surface area contributed by atoms with E-state index in [0.717, 1.165) is 0 Å². The largest absolute Gasteiger partial charge is 0.416 e. The van der Waals surface area contributed by atoms with Crippen LogP contribution in [0.2, 0.25) is 0 Å². The molecule has 0 bridgehead atoms. The number of piperidine rings is 1. The molecule has 1 aliphatic heterocycles. The van der Waals surface area contributed by atoms with Crippen LogP contribution in [-0.4, -0.2) is 32.3 Å². The lowest BCUT2D eigenvalue weighted by atomic mass is 9.90. The summed E-state index contributed by atoms with van der Waals surface area (Å²) in [6, 6.07) is 6.27. The Bertz CT molecular complexity index is 1200. The molecule has 3 aromatic rings. The third-order valence-corrected chi connectivity index (χ3v) is 6.10. The zero-order valence-corrected chi connectivity index (χ0v) is 18.7. The van der Waals surface area contributed by atoms with Gasteiger partial charge in [-0.3, -0.25) is 9.88 Å². The Kier molecular flexibility index (Phi) is 7.23. The summed E-state index contributed by atoms with van der Waals surface area (Å²) < 4.78 is 94.3. The van der Waals surface area contributed by atoms with Crippen molar-refractivity contribution in [3.8, 4) is 0 Å². The Morgan fingerprint density at radius 3 is 2.19 bits per heavy atom. The average Bonchev–Trinajstić information content (AvgIpc) is 3.21. The minimum atomic E-state index is -4.94. The van der Waals surface area contributed by atoms with Crippen LogP contribution in [0.25, 0.3) is 0 Å². The molecular formula is C23H22F7N5O. The molecule has 13 heteroatoms. The fourth-order valence-corrected chi connectivity index (χ4v) is 4.47. The van der Waals surface area contributed by atoms with E-state index in [2.05, 4.69) is 15.4 Å². The fourth-order valence-electron chi connectivity index (χ4n) is 4.47. The molecule has 1 fully saturated rings. The number of rotatable bonds is 6. The van der Waals surface area contributed by atoms with Gasteiger partial charge in [-0.05, 0) is 54.3 Å². The topological polar surface area (TPSA) is 66.0 Å². The molecule has 6 nitrogen and oxygen atoms in total. The predicted octanol–water partition coefficient (Wildman–Crippen LogP) is 4.70. The van der Waals surface area contributed by atoms with Crippen molar-refractivity contribution in [2.75, 3.05) is 6.54 Å². The van der Waals surface area contributed by atoms with Gasteiger partial charge < -0.3 is 5.32 Å². The maximum absolute atomic E-state index is 13.6. The quantitative estimate of drug-likeness (QED) is 0.466. The molecule has 0 amide bonds. The van der Waals surface area contributed by atoms with E-state index in [9.17, 15) is 35.5 Å². The van der Waals surface area contributed by atoms with Gasteiger partial charge in [0.25, 0.3) is 0 Å². The maximum Gasteiger partial charge on any atom is 0.416 e. The SMILES string of the molecule is O=c1[nH]cnn1CN1CCC[C@H](NCc2cc(C(F)(F)F)cc(C(F)(F)F)c2)[C@@H]1c1ccc(F)cc1. The Hall–Kier alpha value is -3.19. The van der Waals surface area contributed by atoms with Crippen LogP contribution in [0, 0.1) is 5.82 Å². The Labute approximate surface area is 200 Å². The number of alkyl halides is 6. The molecule has 1 saturated heterocycles. The number of nitrogens with zero attached hydrogens (tertiary/aromatic N) is 3. The molecule has 194 valence electrons. The van der Waals surface area contributed by atoms with E-state index >= 15 is 0 Å². The number of aromatic nitrogens is 3. The van der Waals surface area contributed by atoms with Crippen LogP contribution in [0.1, 0.15) is 41.1 Å². The Balaban J connectivity index is 1.62. The predicted molar refractivity (Wildman–Crippen MR) is 115 cm³/mol. The molecule has 2 atom stereocenters. The normalized spacial score (nSPS) is 19.5. The molecule has 0 radical (unpaired) electrons. The molecule has 2 heterocycles. The van der Waals surface area contributed by atoms with Crippen LogP contribution in [0.4, 0.5) is 30.7 Å². The van der Waals surface area contributed by atoms with Crippen molar-refractivity contribution in [2.45, 2.75) is 50.5 Å². The van der Waals surface area contributed by atoms with Gasteiger partial charge in [-0.1, -0.05) is 12.1 Å². The smallest absolute Gasteiger partial charge is 0.308 e. The maximum atomic E-state index is 13.6. The number of likely N-dealkylation sites (tertiary alicyclic amines) is 1. The Morgan fingerprint density at radius 1 is 1.00 bits per heavy atom. The highest BCUT2D eigenvalue weighted by Gasteiger charge is 2.37. The first-order valence-corrected chi connectivity index (χ1v) is 11.0. The first-order chi connectivity index (χ1) is 16.9. The summed E-state index contributed by atoms with van der Waals surface area (Å²) in [4.78, 5) is 16.3. The second-order valence-electron chi connectivity index (χ2n) is 8.59. The van der Waals surface area contributed by atoms with Crippen LogP contribution >= 0.6 is 0 Å². The van der Waals surface area contributed by atoms with Crippen molar-refractivity contribution >= 4 is 0 Å². The minimum absolute atomic E-state index is 0.0876. The number of aromatic amines is 1. The van der Waals surface area contributed by atoms with Gasteiger partial charge in [-0.2, -0.15) is 36.1 Å². The summed E-state index contributed by atoms with van der Waals surface area (Å²) in [5, 5.41) is 7.05. The molecule has 1 aliphatic rings. The number of nitrogens with one attached hydrogen (secondary N) is 2. The molecule has 2 N–H and O–H groups in total. The molecular weight excluding hydrogens is 495 g/mol. The number of benzene rings is 2. The number of hydrogen-bond acceptors (Lipinski definition) is 4. The summed E-state index contributed by atoms with van der Waals surface area (Å²) in [5.41, 5.74) is -2.70. The third kappa shape index (κ3) is 5.95. The molecule has 4 rings (SSSR count).